The third-order valence-corrected chi connectivity index (χ3v) is 4.66. The third kappa shape index (κ3) is 4.87. The van der Waals surface area contributed by atoms with Crippen molar-refractivity contribution in [3.63, 3.8) is 0 Å². The SMILES string of the molecule is CCC1CCN(c2ccc(CNCCOC)cc2Cl)CC1. The van der Waals surface area contributed by atoms with E-state index in [2.05, 4.69) is 35.3 Å². The molecule has 0 saturated carbocycles. The summed E-state index contributed by atoms with van der Waals surface area (Å²) in [4.78, 5) is 2.43. The zero-order chi connectivity index (χ0) is 15.1. The van der Waals surface area contributed by atoms with E-state index in [0.717, 1.165) is 43.7 Å². The minimum atomic E-state index is 0.734. The van der Waals surface area contributed by atoms with Gasteiger partial charge in [-0.05, 0) is 36.5 Å². The smallest absolute Gasteiger partial charge is 0.0642 e. The minimum Gasteiger partial charge on any atom is -0.383 e. The second-order valence-corrected chi connectivity index (χ2v) is 6.20. The van der Waals surface area contributed by atoms with Gasteiger partial charge in [-0.15, -0.1) is 0 Å². The van der Waals surface area contributed by atoms with Gasteiger partial charge in [-0.3, -0.25) is 0 Å². The molecule has 0 spiro atoms. The summed E-state index contributed by atoms with van der Waals surface area (Å²) in [5.74, 6) is 0.893. The Morgan fingerprint density at radius 2 is 2.10 bits per heavy atom. The number of ether oxygens (including phenoxy) is 1. The highest BCUT2D eigenvalue weighted by Crippen LogP contribution is 2.31. The first-order valence-corrected chi connectivity index (χ1v) is 8.35. The van der Waals surface area contributed by atoms with E-state index in [9.17, 15) is 0 Å². The molecule has 1 aromatic rings. The van der Waals surface area contributed by atoms with Crippen molar-refractivity contribution in [2.45, 2.75) is 32.7 Å². The molecule has 4 heteroatoms. The largest absolute Gasteiger partial charge is 0.383 e. The first-order valence-electron chi connectivity index (χ1n) is 7.97. The van der Waals surface area contributed by atoms with Gasteiger partial charge in [0.2, 0.25) is 0 Å². The second kappa shape index (κ2) is 8.62. The molecule has 0 aromatic heterocycles. The van der Waals surface area contributed by atoms with Gasteiger partial charge in [0.05, 0.1) is 17.3 Å². The lowest BCUT2D eigenvalue weighted by atomic mass is 9.94. The maximum Gasteiger partial charge on any atom is 0.0642 e. The molecule has 0 unspecified atom stereocenters. The third-order valence-electron chi connectivity index (χ3n) is 4.36. The molecule has 2 rings (SSSR count). The summed E-state index contributed by atoms with van der Waals surface area (Å²) < 4.78 is 5.02. The van der Waals surface area contributed by atoms with Gasteiger partial charge in [0, 0.05) is 33.3 Å². The molecule has 1 heterocycles. The number of methoxy groups -OCH3 is 1. The zero-order valence-electron chi connectivity index (χ0n) is 13.2. The van der Waals surface area contributed by atoms with Crippen LogP contribution in [0.25, 0.3) is 0 Å². The maximum absolute atomic E-state index is 6.48. The quantitative estimate of drug-likeness (QED) is 0.777. The summed E-state index contributed by atoms with van der Waals surface area (Å²) in [6.45, 7) is 6.98. The number of piperidine rings is 1. The van der Waals surface area contributed by atoms with Crippen LogP contribution in [0.1, 0.15) is 31.7 Å². The fourth-order valence-corrected chi connectivity index (χ4v) is 3.23. The van der Waals surface area contributed by atoms with Crippen LogP contribution in [0.2, 0.25) is 5.02 Å². The summed E-state index contributed by atoms with van der Waals surface area (Å²) in [5, 5.41) is 4.22. The highest BCUT2D eigenvalue weighted by Gasteiger charge is 2.19. The Balaban J connectivity index is 1.90. The number of nitrogens with one attached hydrogen (secondary N) is 1. The Morgan fingerprint density at radius 3 is 2.71 bits per heavy atom. The number of nitrogens with zero attached hydrogens (tertiary/aromatic N) is 1. The van der Waals surface area contributed by atoms with E-state index in [-0.39, 0.29) is 0 Å². The van der Waals surface area contributed by atoms with Gasteiger partial charge >= 0.3 is 0 Å². The number of benzene rings is 1. The molecule has 1 saturated heterocycles. The Hall–Kier alpha value is -0.770. The van der Waals surface area contributed by atoms with Crippen molar-refractivity contribution in [2.24, 2.45) is 5.92 Å². The molecule has 0 bridgehead atoms. The maximum atomic E-state index is 6.48. The van der Waals surface area contributed by atoms with Crippen LogP contribution in [0, 0.1) is 5.92 Å². The van der Waals surface area contributed by atoms with Gasteiger partial charge in [0.1, 0.15) is 0 Å². The normalized spacial score (nSPS) is 16.4. The summed E-state index contributed by atoms with van der Waals surface area (Å²) in [6, 6.07) is 6.43. The van der Waals surface area contributed by atoms with Gasteiger partial charge in [-0.2, -0.15) is 0 Å². The van der Waals surface area contributed by atoms with Crippen LogP contribution in [0.3, 0.4) is 0 Å². The van der Waals surface area contributed by atoms with E-state index in [1.807, 2.05) is 0 Å². The number of hydrogen-bond donors (Lipinski definition) is 1. The van der Waals surface area contributed by atoms with Crippen molar-refractivity contribution in [3.8, 4) is 0 Å². The average Bonchev–Trinajstić information content (AvgIpc) is 2.52. The molecule has 0 aliphatic carbocycles. The van der Waals surface area contributed by atoms with Crippen molar-refractivity contribution < 1.29 is 4.74 Å². The first kappa shape index (κ1) is 16.6. The van der Waals surface area contributed by atoms with Crippen LogP contribution < -0.4 is 10.2 Å². The predicted molar refractivity (Wildman–Crippen MR) is 90.3 cm³/mol. The van der Waals surface area contributed by atoms with Crippen LogP contribution in [0.5, 0.6) is 0 Å². The number of rotatable bonds is 7. The highest BCUT2D eigenvalue weighted by molar-refractivity contribution is 6.33. The molecule has 1 N–H and O–H groups in total. The first-order chi connectivity index (χ1) is 10.2. The summed E-state index contributed by atoms with van der Waals surface area (Å²) in [6.07, 6.45) is 3.87. The van der Waals surface area contributed by atoms with Gasteiger partial charge in [0.25, 0.3) is 0 Å². The molecular formula is C17H27ClN2O. The van der Waals surface area contributed by atoms with Crippen molar-refractivity contribution in [3.05, 3.63) is 28.8 Å². The molecule has 0 atom stereocenters. The Labute approximate surface area is 133 Å². The standard InChI is InChI=1S/C17H27ClN2O/c1-3-14-6-9-20(10-7-14)17-5-4-15(12-16(17)18)13-19-8-11-21-2/h4-5,12,14,19H,3,6-11,13H2,1-2H3. The molecule has 0 amide bonds. The molecule has 1 aliphatic rings. The molecule has 1 fully saturated rings. The number of hydrogen-bond acceptors (Lipinski definition) is 3. The molecule has 21 heavy (non-hydrogen) atoms. The van der Waals surface area contributed by atoms with Gasteiger partial charge in [-0.25, -0.2) is 0 Å². The lowest BCUT2D eigenvalue weighted by Crippen LogP contribution is -2.33. The van der Waals surface area contributed by atoms with E-state index >= 15 is 0 Å². The van der Waals surface area contributed by atoms with E-state index < -0.39 is 0 Å². The molecule has 1 aromatic carbocycles. The number of halogens is 1. The van der Waals surface area contributed by atoms with Crippen molar-refractivity contribution in [1.29, 1.82) is 0 Å². The van der Waals surface area contributed by atoms with Gasteiger partial charge in [0.15, 0.2) is 0 Å². The van der Waals surface area contributed by atoms with Crippen molar-refractivity contribution in [1.82, 2.24) is 5.32 Å². The highest BCUT2D eigenvalue weighted by atomic mass is 35.5. The van der Waals surface area contributed by atoms with Crippen molar-refractivity contribution >= 4 is 17.3 Å². The van der Waals surface area contributed by atoms with Crippen LogP contribution in [-0.2, 0) is 11.3 Å². The zero-order valence-corrected chi connectivity index (χ0v) is 14.0. The van der Waals surface area contributed by atoms with Crippen LogP contribution >= 0.6 is 11.6 Å². The van der Waals surface area contributed by atoms with E-state index in [0.29, 0.717) is 0 Å². The lowest BCUT2D eigenvalue weighted by molar-refractivity contribution is 0.199. The topological polar surface area (TPSA) is 24.5 Å². The average molecular weight is 311 g/mol. The Morgan fingerprint density at radius 1 is 1.33 bits per heavy atom. The van der Waals surface area contributed by atoms with Crippen molar-refractivity contribution in [2.75, 3.05) is 38.3 Å². The fourth-order valence-electron chi connectivity index (χ4n) is 2.91. The van der Waals surface area contributed by atoms with Crippen LogP contribution in [-0.4, -0.2) is 33.4 Å². The fraction of sp³-hybridized carbons (Fsp3) is 0.647. The molecule has 3 nitrogen and oxygen atoms in total. The van der Waals surface area contributed by atoms with E-state index in [1.165, 1.54) is 30.5 Å². The van der Waals surface area contributed by atoms with Gasteiger partial charge < -0.3 is 15.0 Å². The Bertz CT molecular complexity index is 431. The predicted octanol–water partition coefficient (Wildman–Crippen LogP) is 3.70. The Kier molecular flexibility index (Phi) is 6.81. The molecule has 0 radical (unpaired) electrons. The summed E-state index contributed by atoms with van der Waals surface area (Å²) >= 11 is 6.48. The lowest BCUT2D eigenvalue weighted by Gasteiger charge is -2.33. The molecule has 118 valence electrons. The van der Waals surface area contributed by atoms with Gasteiger partial charge in [-0.1, -0.05) is 31.0 Å². The minimum absolute atomic E-state index is 0.734. The summed E-state index contributed by atoms with van der Waals surface area (Å²) in [7, 11) is 1.72. The van der Waals surface area contributed by atoms with E-state index in [4.69, 9.17) is 16.3 Å². The van der Waals surface area contributed by atoms with Crippen LogP contribution in [0.4, 0.5) is 5.69 Å². The van der Waals surface area contributed by atoms with E-state index in [1.54, 1.807) is 7.11 Å². The monoisotopic (exact) mass is 310 g/mol. The number of anilines is 1. The molecule has 1 aliphatic heterocycles. The summed E-state index contributed by atoms with van der Waals surface area (Å²) in [5.41, 5.74) is 2.41. The van der Waals surface area contributed by atoms with Crippen LogP contribution in [0.15, 0.2) is 18.2 Å². The second-order valence-electron chi connectivity index (χ2n) is 5.79. The molecular weight excluding hydrogens is 284 g/mol.